The molecule has 0 radical (unpaired) electrons. The molecule has 0 spiro atoms. The highest BCUT2D eigenvalue weighted by Gasteiger charge is 2.46. The van der Waals surface area contributed by atoms with E-state index in [1.54, 1.807) is 11.8 Å². The van der Waals surface area contributed by atoms with Gasteiger partial charge in [0.15, 0.2) is 11.6 Å². The molecule has 9 heteroatoms. The molecule has 2 heterocycles. The summed E-state index contributed by atoms with van der Waals surface area (Å²) in [5.74, 6) is -2.30. The van der Waals surface area contributed by atoms with Gasteiger partial charge in [0.1, 0.15) is 10.6 Å². The average Bonchev–Trinajstić information content (AvgIpc) is 3.09. The van der Waals surface area contributed by atoms with E-state index in [1.807, 2.05) is 20.8 Å². The largest absolute Gasteiger partial charge is 0.598 e. The summed E-state index contributed by atoms with van der Waals surface area (Å²) in [5, 5.41) is 0.588. The molecule has 2 bridgehead atoms. The number of hydrogen-bond donors (Lipinski definition) is 1. The Balaban J connectivity index is 1.45. The number of thioether (sulfide) groups is 1. The van der Waals surface area contributed by atoms with Crippen LogP contribution in [0.3, 0.4) is 0 Å². The molecule has 3 fully saturated rings. The lowest BCUT2D eigenvalue weighted by atomic mass is 9.82. The number of nitrogens with zero attached hydrogens (tertiary/aromatic N) is 1. The van der Waals surface area contributed by atoms with Crippen LogP contribution < -0.4 is 4.72 Å². The molecule has 4 rings (SSSR count). The Morgan fingerprint density at radius 1 is 1.06 bits per heavy atom. The van der Waals surface area contributed by atoms with Crippen molar-refractivity contribution in [1.29, 1.82) is 0 Å². The Morgan fingerprint density at radius 3 is 2.28 bits per heavy atom. The van der Waals surface area contributed by atoms with Gasteiger partial charge in [0, 0.05) is 34.8 Å². The molecule has 1 aromatic rings. The van der Waals surface area contributed by atoms with E-state index < -0.39 is 33.6 Å². The highest BCUT2D eigenvalue weighted by atomic mass is 32.2. The second-order valence-corrected chi connectivity index (χ2v) is 14.9. The van der Waals surface area contributed by atoms with Crippen LogP contribution >= 0.6 is 11.8 Å². The van der Waals surface area contributed by atoms with E-state index in [4.69, 9.17) is 0 Å². The molecule has 2 saturated heterocycles. The predicted molar refractivity (Wildman–Crippen MR) is 141 cm³/mol. The van der Waals surface area contributed by atoms with Gasteiger partial charge in [-0.15, -0.1) is 16.5 Å². The summed E-state index contributed by atoms with van der Waals surface area (Å²) >= 11 is 0.395. The van der Waals surface area contributed by atoms with Crippen molar-refractivity contribution in [3.05, 3.63) is 35.1 Å². The first-order valence-corrected chi connectivity index (χ1v) is 15.5. The topological polar surface area (TPSA) is 55.4 Å². The summed E-state index contributed by atoms with van der Waals surface area (Å²) in [4.78, 5) is 15.3. The number of hydrogen-bond acceptors (Lipinski definition) is 4. The van der Waals surface area contributed by atoms with Gasteiger partial charge in [-0.25, -0.2) is 13.2 Å². The first-order chi connectivity index (χ1) is 17.0. The molecule has 1 amide bonds. The fraction of sp³-hybridized carbons (Fsp3) is 0.741. The molecule has 1 saturated carbocycles. The van der Waals surface area contributed by atoms with Crippen molar-refractivity contribution in [2.45, 2.75) is 113 Å². The van der Waals surface area contributed by atoms with Crippen LogP contribution in [0.25, 0.3) is 0 Å². The summed E-state index contributed by atoms with van der Waals surface area (Å²) in [6.45, 7) is 5.58. The van der Waals surface area contributed by atoms with Crippen LogP contribution in [-0.4, -0.2) is 49.2 Å². The van der Waals surface area contributed by atoms with Crippen molar-refractivity contribution in [2.24, 2.45) is 5.92 Å². The number of amides is 1. The van der Waals surface area contributed by atoms with Crippen LogP contribution in [0.1, 0.15) is 84.1 Å². The maximum Gasteiger partial charge on any atom is 0.233 e. The van der Waals surface area contributed by atoms with E-state index >= 15 is 0 Å². The Bertz CT molecular complexity index is 909. The second kappa shape index (κ2) is 11.9. The molecule has 4 nitrogen and oxygen atoms in total. The minimum atomic E-state index is -1.41. The molecular weight excluding hydrogens is 505 g/mol. The number of carbonyl (C=O) groups is 1. The van der Waals surface area contributed by atoms with Crippen molar-refractivity contribution in [2.75, 3.05) is 5.75 Å². The summed E-state index contributed by atoms with van der Waals surface area (Å²) in [5.41, 5.74) is 0.0760. The second-order valence-electron chi connectivity index (χ2n) is 11.7. The first-order valence-electron chi connectivity index (χ1n) is 13.3. The number of benzene rings is 1. The summed E-state index contributed by atoms with van der Waals surface area (Å²) < 4.78 is 57.6. The highest BCUT2D eigenvalue weighted by Crippen LogP contribution is 2.42. The molecule has 1 aromatic carbocycles. The molecule has 5 atom stereocenters. The monoisotopic (exact) mass is 544 g/mol. The number of carbonyl (C=O) groups excluding carboxylic acids is 1. The molecule has 1 N–H and O–H groups in total. The maximum absolute atomic E-state index is 14.5. The van der Waals surface area contributed by atoms with Gasteiger partial charge in [0.25, 0.3) is 0 Å². The van der Waals surface area contributed by atoms with E-state index in [-0.39, 0.29) is 41.9 Å². The fourth-order valence-corrected chi connectivity index (χ4v) is 8.12. The molecule has 36 heavy (non-hydrogen) atoms. The normalized spacial score (nSPS) is 26.8. The van der Waals surface area contributed by atoms with E-state index in [1.165, 1.54) is 32.1 Å². The van der Waals surface area contributed by atoms with Gasteiger partial charge in [0.05, 0.1) is 11.8 Å². The Hall–Kier alpha value is -0.900. The van der Waals surface area contributed by atoms with Gasteiger partial charge in [-0.1, -0.05) is 19.3 Å². The lowest BCUT2D eigenvalue weighted by Gasteiger charge is -2.42. The van der Waals surface area contributed by atoms with Crippen molar-refractivity contribution in [3.63, 3.8) is 0 Å². The van der Waals surface area contributed by atoms with Crippen molar-refractivity contribution < 1.29 is 22.5 Å². The van der Waals surface area contributed by atoms with Gasteiger partial charge in [-0.3, -0.25) is 4.79 Å². The van der Waals surface area contributed by atoms with Gasteiger partial charge in [0.2, 0.25) is 5.91 Å². The quantitative estimate of drug-likeness (QED) is 0.327. The molecule has 0 unspecified atom stereocenters. The zero-order chi connectivity index (χ0) is 26.0. The third kappa shape index (κ3) is 6.75. The highest BCUT2D eigenvalue weighted by molar-refractivity contribution is 8.00. The van der Waals surface area contributed by atoms with Gasteiger partial charge < -0.3 is 9.45 Å². The third-order valence-corrected chi connectivity index (χ3v) is 11.0. The molecule has 202 valence electrons. The van der Waals surface area contributed by atoms with E-state index in [2.05, 4.69) is 9.62 Å². The smallest absolute Gasteiger partial charge is 0.233 e. The molecule has 3 aliphatic rings. The van der Waals surface area contributed by atoms with Crippen molar-refractivity contribution in [3.8, 4) is 0 Å². The number of rotatable bonds is 8. The SMILES string of the molecule is CC(C)(C)[S@+]([O-])N[C@H](Cc1cc(F)c(F)cc1F)[C@@H]1C[C@H]2CC[C@@H](C1)N2C(=O)CSC1CCCCC1. The number of halogens is 3. The molecule has 0 aromatic heterocycles. The van der Waals surface area contributed by atoms with Crippen LogP contribution in [0.2, 0.25) is 0 Å². The van der Waals surface area contributed by atoms with Crippen LogP contribution in [0.5, 0.6) is 0 Å². The third-order valence-electron chi connectivity index (χ3n) is 7.97. The Kier molecular flexibility index (Phi) is 9.27. The Labute approximate surface area is 220 Å². The maximum atomic E-state index is 14.5. The van der Waals surface area contributed by atoms with E-state index in [9.17, 15) is 22.5 Å². The predicted octanol–water partition coefficient (Wildman–Crippen LogP) is 5.90. The summed E-state index contributed by atoms with van der Waals surface area (Å²) in [6.07, 6.45) is 9.67. The molecular formula is C27H39F3N2O2S2. The summed E-state index contributed by atoms with van der Waals surface area (Å²) in [6, 6.07) is 1.36. The van der Waals surface area contributed by atoms with Crippen molar-refractivity contribution >= 4 is 29.0 Å². The minimum absolute atomic E-state index is 0.0522. The zero-order valence-electron chi connectivity index (χ0n) is 21.5. The first kappa shape index (κ1) is 28.1. The summed E-state index contributed by atoms with van der Waals surface area (Å²) in [7, 11) is 0. The van der Waals surface area contributed by atoms with Crippen LogP contribution in [0.15, 0.2) is 12.1 Å². The number of nitrogens with one attached hydrogen (secondary N) is 1. The van der Waals surface area contributed by atoms with E-state index in [0.717, 1.165) is 31.7 Å². The van der Waals surface area contributed by atoms with Gasteiger partial charge >= 0.3 is 0 Å². The van der Waals surface area contributed by atoms with Crippen molar-refractivity contribution in [1.82, 2.24) is 9.62 Å². The van der Waals surface area contributed by atoms with Crippen LogP contribution in [0, 0.1) is 23.4 Å². The average molecular weight is 545 g/mol. The lowest BCUT2D eigenvalue weighted by Crippen LogP contribution is -2.54. The van der Waals surface area contributed by atoms with E-state index in [0.29, 0.717) is 17.1 Å². The minimum Gasteiger partial charge on any atom is -0.598 e. The number of fused-ring (bicyclic) bond motifs is 2. The van der Waals surface area contributed by atoms with Crippen LogP contribution in [-0.2, 0) is 22.6 Å². The lowest BCUT2D eigenvalue weighted by molar-refractivity contribution is -0.133. The number of piperidine rings is 1. The molecule has 2 aliphatic heterocycles. The standard InChI is InChI=1S/C27H39F3N2O2S2/c1-27(2,3)36(34)31-25(14-17-13-23(29)24(30)15-22(17)28)18-11-19-9-10-20(12-18)32(19)26(33)16-35-21-7-5-4-6-8-21/h13,15,18-21,25,31H,4-12,14,16H2,1-3H3/t18-,19-,20+,25-,36+/m1/s1. The Morgan fingerprint density at radius 2 is 1.67 bits per heavy atom. The zero-order valence-corrected chi connectivity index (χ0v) is 23.2. The van der Waals surface area contributed by atoms with Crippen LogP contribution in [0.4, 0.5) is 13.2 Å². The molecule has 1 aliphatic carbocycles. The van der Waals surface area contributed by atoms with Gasteiger partial charge in [-0.2, -0.15) is 0 Å². The fourth-order valence-electron chi connectivity index (χ4n) is 6.03. The van der Waals surface area contributed by atoms with Gasteiger partial charge in [-0.05, 0) is 83.3 Å².